The van der Waals surface area contributed by atoms with E-state index in [2.05, 4.69) is 19.1 Å². The Morgan fingerprint density at radius 3 is 2.75 bits per heavy atom. The van der Waals surface area contributed by atoms with Crippen LogP contribution < -0.4 is 0 Å². The van der Waals surface area contributed by atoms with Crippen LogP contribution in [-0.4, -0.2) is 35.1 Å². The van der Waals surface area contributed by atoms with Gasteiger partial charge in [0.1, 0.15) is 0 Å². The van der Waals surface area contributed by atoms with Crippen LogP contribution in [0.2, 0.25) is 0 Å². The maximum Gasteiger partial charge on any atom is 0.246 e. The minimum atomic E-state index is -0.371. The first kappa shape index (κ1) is 14.5. The average molecular weight is 271 g/mol. The third-order valence-electron chi connectivity index (χ3n) is 3.42. The zero-order chi connectivity index (χ0) is 14.4. The second kappa shape index (κ2) is 7.06. The van der Waals surface area contributed by atoms with Crippen molar-refractivity contribution in [2.45, 2.75) is 25.9 Å². The third kappa shape index (κ3) is 4.35. The molecular weight excluding hydrogens is 250 g/mol. The maximum absolute atomic E-state index is 11.9. The Balaban J connectivity index is 1.86. The van der Waals surface area contributed by atoms with Crippen molar-refractivity contribution in [2.75, 3.05) is 13.1 Å². The van der Waals surface area contributed by atoms with Gasteiger partial charge in [-0.15, -0.1) is 0 Å². The van der Waals surface area contributed by atoms with Gasteiger partial charge in [0.15, 0.2) is 0 Å². The predicted octanol–water partition coefficient (Wildman–Crippen LogP) is 2.55. The molecule has 0 aliphatic carbocycles. The van der Waals surface area contributed by atoms with E-state index >= 15 is 0 Å². The lowest BCUT2D eigenvalue weighted by Gasteiger charge is -2.29. The average Bonchev–Trinajstić information content (AvgIpc) is 2.45. The number of carbonyl (C=O) groups is 1. The van der Waals surface area contributed by atoms with Gasteiger partial charge in [-0.3, -0.25) is 4.79 Å². The molecule has 1 aromatic rings. The fourth-order valence-electron chi connectivity index (χ4n) is 2.24. The summed E-state index contributed by atoms with van der Waals surface area (Å²) in [6.45, 7) is 3.24. The van der Waals surface area contributed by atoms with Gasteiger partial charge in [-0.2, -0.15) is 0 Å². The van der Waals surface area contributed by atoms with E-state index in [1.54, 1.807) is 17.1 Å². The van der Waals surface area contributed by atoms with E-state index in [0.29, 0.717) is 6.54 Å². The van der Waals surface area contributed by atoms with Crippen LogP contribution in [0.5, 0.6) is 0 Å². The normalized spacial score (nSPS) is 19.9. The summed E-state index contributed by atoms with van der Waals surface area (Å²) in [6.07, 6.45) is 8.44. The van der Waals surface area contributed by atoms with Gasteiger partial charge >= 0.3 is 0 Å². The van der Waals surface area contributed by atoms with Crippen molar-refractivity contribution in [3.05, 3.63) is 53.6 Å². The van der Waals surface area contributed by atoms with E-state index in [4.69, 9.17) is 0 Å². The van der Waals surface area contributed by atoms with Crippen molar-refractivity contribution in [2.24, 2.45) is 0 Å². The Hall–Kier alpha value is -1.87. The summed E-state index contributed by atoms with van der Waals surface area (Å²) in [5.74, 6) is -0.0303. The molecule has 1 N–H and O–H groups in total. The number of rotatable bonds is 3. The number of carbonyl (C=O) groups excluding carboxylic acids is 1. The number of benzene rings is 1. The number of aryl methyl sites for hydroxylation is 1. The van der Waals surface area contributed by atoms with Gasteiger partial charge < -0.3 is 10.0 Å². The summed E-state index contributed by atoms with van der Waals surface area (Å²) in [6, 6.07) is 8.21. The van der Waals surface area contributed by atoms with E-state index < -0.39 is 0 Å². The molecule has 1 heterocycles. The molecule has 1 saturated heterocycles. The monoisotopic (exact) mass is 271 g/mol. The van der Waals surface area contributed by atoms with Crippen LogP contribution in [0.25, 0.3) is 6.08 Å². The SMILES string of the molecule is Cc1ccc(/C=C/C=C/C(=O)N2CCCC(O)C2)cc1. The Morgan fingerprint density at radius 2 is 2.05 bits per heavy atom. The fourth-order valence-corrected chi connectivity index (χ4v) is 2.24. The molecule has 20 heavy (non-hydrogen) atoms. The summed E-state index contributed by atoms with van der Waals surface area (Å²) < 4.78 is 0. The molecule has 0 bridgehead atoms. The van der Waals surface area contributed by atoms with Crippen LogP contribution in [0, 0.1) is 6.92 Å². The molecule has 1 aliphatic rings. The maximum atomic E-state index is 11.9. The Labute approximate surface area is 120 Å². The molecule has 1 atom stereocenters. The molecule has 3 nitrogen and oxygen atoms in total. The second-order valence-electron chi connectivity index (χ2n) is 5.21. The number of amides is 1. The Kier molecular flexibility index (Phi) is 5.13. The summed E-state index contributed by atoms with van der Waals surface area (Å²) in [7, 11) is 0. The zero-order valence-electron chi connectivity index (χ0n) is 11.8. The number of nitrogens with zero attached hydrogens (tertiary/aromatic N) is 1. The lowest BCUT2D eigenvalue weighted by Crippen LogP contribution is -2.41. The molecule has 0 spiro atoms. The molecular formula is C17H21NO2. The molecule has 3 heteroatoms. The number of aliphatic hydroxyl groups excluding tert-OH is 1. The molecule has 1 unspecified atom stereocenters. The lowest BCUT2D eigenvalue weighted by atomic mass is 10.1. The summed E-state index contributed by atoms with van der Waals surface area (Å²) in [5, 5.41) is 9.54. The largest absolute Gasteiger partial charge is 0.391 e. The van der Waals surface area contributed by atoms with Crippen LogP contribution in [0.15, 0.2) is 42.5 Å². The second-order valence-corrected chi connectivity index (χ2v) is 5.21. The fraction of sp³-hybridized carbons (Fsp3) is 0.353. The van der Waals surface area contributed by atoms with Crippen molar-refractivity contribution in [1.82, 2.24) is 4.90 Å². The molecule has 1 amide bonds. The first-order valence-corrected chi connectivity index (χ1v) is 7.03. The highest BCUT2D eigenvalue weighted by Gasteiger charge is 2.19. The van der Waals surface area contributed by atoms with Gasteiger partial charge in [0.25, 0.3) is 0 Å². The van der Waals surface area contributed by atoms with Crippen LogP contribution in [0.1, 0.15) is 24.0 Å². The number of hydrogen-bond donors (Lipinski definition) is 1. The van der Waals surface area contributed by atoms with Gasteiger partial charge in [-0.05, 0) is 25.3 Å². The summed E-state index contributed by atoms with van der Waals surface area (Å²) >= 11 is 0. The predicted molar refractivity (Wildman–Crippen MR) is 81.2 cm³/mol. The quantitative estimate of drug-likeness (QED) is 0.678. The van der Waals surface area contributed by atoms with Crippen molar-refractivity contribution in [3.8, 4) is 0 Å². The van der Waals surface area contributed by atoms with E-state index in [-0.39, 0.29) is 12.0 Å². The highest BCUT2D eigenvalue weighted by atomic mass is 16.3. The van der Waals surface area contributed by atoms with Gasteiger partial charge in [0, 0.05) is 19.2 Å². The zero-order valence-corrected chi connectivity index (χ0v) is 11.8. The van der Waals surface area contributed by atoms with Gasteiger partial charge in [0.2, 0.25) is 5.91 Å². The van der Waals surface area contributed by atoms with E-state index in [9.17, 15) is 9.90 Å². The van der Waals surface area contributed by atoms with E-state index in [1.807, 2.05) is 24.3 Å². The first-order chi connectivity index (χ1) is 9.65. The number of piperidine rings is 1. The highest BCUT2D eigenvalue weighted by Crippen LogP contribution is 2.10. The van der Waals surface area contributed by atoms with Gasteiger partial charge in [0.05, 0.1) is 6.10 Å². The number of hydrogen-bond acceptors (Lipinski definition) is 2. The summed E-state index contributed by atoms with van der Waals surface area (Å²) in [4.78, 5) is 13.6. The Morgan fingerprint density at radius 1 is 1.30 bits per heavy atom. The van der Waals surface area contributed by atoms with Crippen molar-refractivity contribution in [3.63, 3.8) is 0 Å². The number of β-amino-alcohol motifs (C(OH)–C–C–N with tert-alkyl or cyclic N) is 1. The molecule has 1 fully saturated rings. The van der Waals surface area contributed by atoms with Crippen molar-refractivity contribution < 1.29 is 9.90 Å². The number of likely N-dealkylation sites (tertiary alicyclic amines) is 1. The first-order valence-electron chi connectivity index (χ1n) is 7.03. The minimum absolute atomic E-state index is 0.0303. The highest BCUT2D eigenvalue weighted by molar-refractivity contribution is 5.88. The van der Waals surface area contributed by atoms with E-state index in [1.165, 1.54) is 5.56 Å². The third-order valence-corrected chi connectivity index (χ3v) is 3.42. The summed E-state index contributed by atoms with van der Waals surface area (Å²) in [5.41, 5.74) is 2.35. The molecule has 106 valence electrons. The van der Waals surface area contributed by atoms with Crippen LogP contribution in [0.4, 0.5) is 0 Å². The topological polar surface area (TPSA) is 40.5 Å². The number of aliphatic hydroxyl groups is 1. The van der Waals surface area contributed by atoms with Gasteiger partial charge in [-0.25, -0.2) is 0 Å². The van der Waals surface area contributed by atoms with Crippen LogP contribution in [-0.2, 0) is 4.79 Å². The van der Waals surface area contributed by atoms with Crippen LogP contribution >= 0.6 is 0 Å². The van der Waals surface area contributed by atoms with Crippen LogP contribution in [0.3, 0.4) is 0 Å². The van der Waals surface area contributed by atoms with Crippen molar-refractivity contribution in [1.29, 1.82) is 0 Å². The smallest absolute Gasteiger partial charge is 0.246 e. The Bertz CT molecular complexity index is 502. The molecule has 2 rings (SSSR count). The molecule has 0 aromatic heterocycles. The lowest BCUT2D eigenvalue weighted by molar-refractivity contribution is -0.128. The molecule has 0 saturated carbocycles. The number of allylic oxidation sites excluding steroid dienone is 2. The minimum Gasteiger partial charge on any atom is -0.391 e. The van der Waals surface area contributed by atoms with E-state index in [0.717, 1.165) is 24.9 Å². The molecule has 0 radical (unpaired) electrons. The molecule has 1 aliphatic heterocycles. The van der Waals surface area contributed by atoms with Crippen molar-refractivity contribution >= 4 is 12.0 Å². The van der Waals surface area contributed by atoms with Gasteiger partial charge in [-0.1, -0.05) is 48.1 Å². The molecule has 1 aromatic carbocycles. The standard InChI is InChI=1S/C17H21NO2/c1-14-8-10-15(11-9-14)5-2-3-7-17(20)18-12-4-6-16(19)13-18/h2-3,5,7-11,16,19H,4,6,12-13H2,1H3/b5-2+,7-3+.